The van der Waals surface area contributed by atoms with Crippen molar-refractivity contribution in [1.82, 2.24) is 0 Å². The Kier molecular flexibility index (Phi) is 7.03. The van der Waals surface area contributed by atoms with Crippen molar-refractivity contribution in [3.63, 3.8) is 0 Å². The number of benzene rings is 12. The fraction of sp³-hybridized carbons (Fsp3) is 0.0159. The van der Waals surface area contributed by atoms with Gasteiger partial charge >= 0.3 is 0 Å². The van der Waals surface area contributed by atoms with Crippen LogP contribution in [0.5, 0.6) is 0 Å². The van der Waals surface area contributed by atoms with Crippen LogP contribution >= 0.6 is 22.7 Å². The molecule has 0 radical (unpaired) electrons. The van der Waals surface area contributed by atoms with Crippen molar-refractivity contribution < 1.29 is 0 Å². The number of rotatable bonds is 2. The second-order valence-corrected chi connectivity index (χ2v) is 19.9. The zero-order valence-corrected chi connectivity index (χ0v) is 35.9. The normalized spacial score (nSPS) is 12.5. The first-order valence-corrected chi connectivity index (χ1v) is 23.8. The molecule has 0 fully saturated rings. The fourth-order valence-corrected chi connectivity index (χ4v) is 14.4. The van der Waals surface area contributed by atoms with E-state index in [0.717, 1.165) is 0 Å². The molecule has 2 heteroatoms. The van der Waals surface area contributed by atoms with Crippen LogP contribution in [0.25, 0.3) is 161 Å². The summed E-state index contributed by atoms with van der Waals surface area (Å²) in [7, 11) is 0. The van der Waals surface area contributed by atoms with E-state index in [0.29, 0.717) is 0 Å². The Morgan fingerprint density at radius 1 is 0.215 bits per heavy atom. The van der Waals surface area contributed by atoms with Crippen LogP contribution in [-0.2, 0) is 0 Å². The summed E-state index contributed by atoms with van der Waals surface area (Å²) in [5, 5.41) is 18.4. The van der Waals surface area contributed by atoms with Crippen LogP contribution in [0.1, 0.15) is 7.43 Å². The number of thiophene rings is 2. The van der Waals surface area contributed by atoms with Gasteiger partial charge < -0.3 is 0 Å². The molecule has 0 N–H and O–H groups in total. The predicted octanol–water partition coefficient (Wildman–Crippen LogP) is 19.5. The Morgan fingerprint density at radius 3 is 1.25 bits per heavy atom. The third-order valence-corrected chi connectivity index (χ3v) is 17.0. The van der Waals surface area contributed by atoms with Gasteiger partial charge in [-0.2, -0.15) is 0 Å². The molecule has 0 saturated heterocycles. The zero-order chi connectivity index (χ0) is 41.4. The molecule has 0 bridgehead atoms. The van der Waals surface area contributed by atoms with Crippen LogP contribution in [0.15, 0.2) is 194 Å². The highest BCUT2D eigenvalue weighted by Gasteiger charge is 2.30. The summed E-state index contributed by atoms with van der Waals surface area (Å²) in [4.78, 5) is 0. The van der Waals surface area contributed by atoms with Gasteiger partial charge in [0.25, 0.3) is 0 Å². The molecule has 0 unspecified atom stereocenters. The minimum Gasteiger partial charge on any atom is -0.135 e. The standard InChI is InChI=1S/C62H32S2.CH4/c1-3-23-53-41(15-1)59-38(20-9-25-55(59)63-53)49-29-45-35(46-30-47-36-17-5-11-33-12-6-18-37(57(33)36)48(47)31-51(46)49)27-28-40-50(45)32-52-39-19-7-13-34-14-8-21-43(58(34)39)62(52)61(40)44-22-10-26-56-60(44)42-16-2-4-24-54(42)64-56;/h1-32H;1H4. The van der Waals surface area contributed by atoms with Gasteiger partial charge in [-0.25, -0.2) is 0 Å². The van der Waals surface area contributed by atoms with Crippen molar-refractivity contribution >= 4 is 117 Å². The van der Waals surface area contributed by atoms with Gasteiger partial charge in [-0.05, 0) is 169 Å². The molecule has 65 heavy (non-hydrogen) atoms. The van der Waals surface area contributed by atoms with Crippen LogP contribution < -0.4 is 0 Å². The lowest BCUT2D eigenvalue weighted by Gasteiger charge is -2.20. The molecule has 0 nitrogen and oxygen atoms in total. The SMILES string of the molecule is C.c1cc2c3c(cccc3c1)-c1cc3c(cc1-2)c(-c1cccc2sc4ccccc4c12)cc1c2cc4c(c(-c5cccc6sc7ccccc7c56)c2ccc31)-c1cccc2cccc-4c12. The van der Waals surface area contributed by atoms with Gasteiger partial charge in [0, 0.05) is 40.3 Å². The van der Waals surface area contributed by atoms with Crippen molar-refractivity contribution in [2.45, 2.75) is 7.43 Å². The lowest BCUT2D eigenvalue weighted by atomic mass is 9.83. The van der Waals surface area contributed by atoms with Gasteiger partial charge in [0.05, 0.1) is 0 Å². The van der Waals surface area contributed by atoms with Crippen molar-refractivity contribution in [1.29, 1.82) is 0 Å². The molecule has 14 aromatic rings. The quantitative estimate of drug-likeness (QED) is 0.152. The largest absolute Gasteiger partial charge is 0.135 e. The molecule has 2 aliphatic rings. The number of hydrogen-bond donors (Lipinski definition) is 0. The molecule has 0 amide bonds. The molecule has 0 aliphatic heterocycles. The van der Waals surface area contributed by atoms with E-state index in [4.69, 9.17) is 0 Å². The predicted molar refractivity (Wildman–Crippen MR) is 286 cm³/mol. The maximum absolute atomic E-state index is 2.57. The molecule has 12 aromatic carbocycles. The van der Waals surface area contributed by atoms with Crippen LogP contribution in [0.3, 0.4) is 0 Å². The maximum atomic E-state index is 2.57. The maximum Gasteiger partial charge on any atom is 0.0361 e. The number of fused-ring (bicyclic) bond motifs is 17. The molecule has 16 rings (SSSR count). The van der Waals surface area contributed by atoms with Crippen LogP contribution in [0, 0.1) is 0 Å². The Labute approximate surface area is 382 Å². The van der Waals surface area contributed by atoms with E-state index < -0.39 is 0 Å². The summed E-state index contributed by atoms with van der Waals surface area (Å²) in [6.07, 6.45) is 0. The fourth-order valence-electron chi connectivity index (χ4n) is 12.1. The summed E-state index contributed by atoms with van der Waals surface area (Å²) < 4.78 is 5.31. The Bertz CT molecular complexity index is 4470. The number of hydrogen-bond acceptors (Lipinski definition) is 2. The van der Waals surface area contributed by atoms with Gasteiger partial charge in [0.2, 0.25) is 0 Å². The molecular formula is C63H36S2. The van der Waals surface area contributed by atoms with Gasteiger partial charge in [0.1, 0.15) is 0 Å². The van der Waals surface area contributed by atoms with E-state index >= 15 is 0 Å². The Hall–Kier alpha value is -7.62. The van der Waals surface area contributed by atoms with Crippen molar-refractivity contribution in [2.75, 3.05) is 0 Å². The summed E-state index contributed by atoms with van der Waals surface area (Å²) in [6, 6.07) is 74.3. The first kappa shape index (κ1) is 35.8. The van der Waals surface area contributed by atoms with E-state index in [1.807, 2.05) is 22.7 Å². The van der Waals surface area contributed by atoms with E-state index in [1.54, 1.807) is 0 Å². The summed E-state index contributed by atoms with van der Waals surface area (Å²) in [6.45, 7) is 0. The molecule has 2 heterocycles. The first-order chi connectivity index (χ1) is 31.7. The average Bonchev–Trinajstić information content (AvgIpc) is 4.10. The molecule has 300 valence electrons. The van der Waals surface area contributed by atoms with Crippen molar-refractivity contribution in [3.05, 3.63) is 194 Å². The zero-order valence-electron chi connectivity index (χ0n) is 34.3. The minimum atomic E-state index is 0. The smallest absolute Gasteiger partial charge is 0.0361 e. The lowest BCUT2D eigenvalue weighted by molar-refractivity contribution is 1.70. The monoisotopic (exact) mass is 856 g/mol. The molecule has 2 aliphatic carbocycles. The summed E-state index contributed by atoms with van der Waals surface area (Å²) in [5.41, 5.74) is 15.8. The third-order valence-electron chi connectivity index (χ3n) is 14.7. The highest BCUT2D eigenvalue weighted by atomic mass is 32.1. The van der Waals surface area contributed by atoms with E-state index in [2.05, 4.69) is 194 Å². The molecule has 0 atom stereocenters. The molecule has 0 spiro atoms. The van der Waals surface area contributed by atoms with Crippen LogP contribution in [-0.4, -0.2) is 0 Å². The Balaban J connectivity index is 0.00000390. The molecule has 2 aromatic heterocycles. The highest BCUT2D eigenvalue weighted by molar-refractivity contribution is 7.26. The molecule has 0 saturated carbocycles. The Morgan fingerprint density at radius 2 is 0.615 bits per heavy atom. The van der Waals surface area contributed by atoms with Gasteiger partial charge in [0.15, 0.2) is 0 Å². The van der Waals surface area contributed by atoms with Gasteiger partial charge in [-0.15, -0.1) is 22.7 Å². The first-order valence-electron chi connectivity index (χ1n) is 22.2. The van der Waals surface area contributed by atoms with Crippen LogP contribution in [0.4, 0.5) is 0 Å². The van der Waals surface area contributed by atoms with Crippen molar-refractivity contribution in [2.24, 2.45) is 0 Å². The summed E-state index contributed by atoms with van der Waals surface area (Å²) >= 11 is 3.80. The van der Waals surface area contributed by atoms with E-state index in [-0.39, 0.29) is 7.43 Å². The van der Waals surface area contributed by atoms with Crippen LogP contribution in [0.2, 0.25) is 0 Å². The van der Waals surface area contributed by atoms with E-state index in [9.17, 15) is 0 Å². The van der Waals surface area contributed by atoms with Gasteiger partial charge in [-0.1, -0.05) is 153 Å². The highest BCUT2D eigenvalue weighted by Crippen LogP contribution is 2.57. The van der Waals surface area contributed by atoms with E-state index in [1.165, 1.54) is 161 Å². The minimum absolute atomic E-state index is 0. The lowest BCUT2D eigenvalue weighted by Crippen LogP contribution is -1.92. The second kappa shape index (κ2) is 12.8. The van der Waals surface area contributed by atoms with Gasteiger partial charge in [-0.3, -0.25) is 0 Å². The summed E-state index contributed by atoms with van der Waals surface area (Å²) in [5.74, 6) is 0. The topological polar surface area (TPSA) is 0 Å². The average molecular weight is 857 g/mol. The third kappa shape index (κ3) is 4.55. The second-order valence-electron chi connectivity index (χ2n) is 17.8. The van der Waals surface area contributed by atoms with Crippen molar-refractivity contribution in [3.8, 4) is 66.8 Å². The molecular weight excluding hydrogens is 821 g/mol.